The van der Waals surface area contributed by atoms with E-state index in [-0.39, 0.29) is 18.4 Å². The first-order chi connectivity index (χ1) is 10.1. The molecule has 0 rings (SSSR count). The molecule has 0 aliphatic heterocycles. The molecule has 0 bridgehead atoms. The van der Waals surface area contributed by atoms with E-state index in [1.807, 2.05) is 13.8 Å². The number of carbonyl (C=O) groups is 2. The first-order valence-corrected chi connectivity index (χ1v) is 7.54. The van der Waals surface area contributed by atoms with Gasteiger partial charge in [-0.05, 0) is 19.8 Å². The molecule has 0 radical (unpaired) electrons. The summed E-state index contributed by atoms with van der Waals surface area (Å²) >= 11 is 0. The maximum absolute atomic E-state index is 11.8. The van der Waals surface area contributed by atoms with Crippen molar-refractivity contribution in [2.75, 3.05) is 40.8 Å². The lowest BCUT2D eigenvalue weighted by molar-refractivity contribution is -0.128. The number of nitrogens with one attached hydrogen (secondary N) is 3. The third-order valence-electron chi connectivity index (χ3n) is 3.09. The molecule has 2 amide bonds. The van der Waals surface area contributed by atoms with Crippen LogP contribution < -0.4 is 16.0 Å². The van der Waals surface area contributed by atoms with Crippen molar-refractivity contribution >= 4 is 17.8 Å². The lowest BCUT2D eigenvalue weighted by Crippen LogP contribution is -2.48. The van der Waals surface area contributed by atoms with Crippen LogP contribution in [-0.4, -0.2) is 63.5 Å². The maximum atomic E-state index is 11.8. The Morgan fingerprint density at radius 1 is 1.18 bits per heavy atom. The molecule has 0 saturated carbocycles. The van der Waals surface area contributed by atoms with Gasteiger partial charge in [-0.2, -0.15) is 0 Å². The van der Waals surface area contributed by atoms with Crippen LogP contribution >= 0.6 is 0 Å². The number of nitrogens with zero attached hydrogens (tertiary/aromatic N) is 2. The zero-order valence-electron chi connectivity index (χ0n) is 14.9. The van der Waals surface area contributed by atoms with Gasteiger partial charge in [-0.1, -0.05) is 13.8 Å². The number of amides is 2. The zero-order chi connectivity index (χ0) is 17.3. The summed E-state index contributed by atoms with van der Waals surface area (Å²) in [7, 11) is 5.01. The van der Waals surface area contributed by atoms with Crippen LogP contribution in [0.1, 0.15) is 27.7 Å². The third kappa shape index (κ3) is 7.85. The number of likely N-dealkylation sites (N-methyl/N-ethyl adjacent to an activating group) is 1. The van der Waals surface area contributed by atoms with Gasteiger partial charge >= 0.3 is 0 Å². The number of rotatable bonds is 7. The standard InChI is InChI=1S/C15H31N5O2/c1-11(2)8-17-14(18-9-12(21)20(6)7)19-10-15(3,4)13(22)16-5/h11H,8-10H2,1-7H3,(H,16,22)(H2,17,18,19). The smallest absolute Gasteiger partial charge is 0.243 e. The van der Waals surface area contributed by atoms with Crippen LogP contribution in [0.25, 0.3) is 0 Å². The van der Waals surface area contributed by atoms with Crippen molar-refractivity contribution in [3.8, 4) is 0 Å². The monoisotopic (exact) mass is 313 g/mol. The van der Waals surface area contributed by atoms with Gasteiger partial charge in [0.05, 0.1) is 5.41 Å². The molecule has 0 aromatic heterocycles. The molecular weight excluding hydrogens is 282 g/mol. The summed E-state index contributed by atoms with van der Waals surface area (Å²) in [6.45, 7) is 9.11. The molecule has 0 aliphatic carbocycles. The largest absolute Gasteiger partial charge is 0.359 e. The Balaban J connectivity index is 4.76. The van der Waals surface area contributed by atoms with Crippen molar-refractivity contribution in [2.24, 2.45) is 16.3 Å². The molecule has 0 saturated heterocycles. The van der Waals surface area contributed by atoms with E-state index in [2.05, 4.69) is 34.8 Å². The average Bonchev–Trinajstić information content (AvgIpc) is 2.44. The van der Waals surface area contributed by atoms with Crippen LogP contribution in [0.4, 0.5) is 0 Å². The predicted molar refractivity (Wildman–Crippen MR) is 89.7 cm³/mol. The van der Waals surface area contributed by atoms with Crippen molar-refractivity contribution < 1.29 is 9.59 Å². The average molecular weight is 313 g/mol. The maximum Gasteiger partial charge on any atom is 0.243 e. The van der Waals surface area contributed by atoms with E-state index in [0.717, 1.165) is 6.54 Å². The van der Waals surface area contributed by atoms with Gasteiger partial charge in [0.1, 0.15) is 6.54 Å². The van der Waals surface area contributed by atoms with E-state index in [0.29, 0.717) is 18.4 Å². The first-order valence-electron chi connectivity index (χ1n) is 7.54. The fourth-order valence-corrected chi connectivity index (χ4v) is 1.49. The third-order valence-corrected chi connectivity index (χ3v) is 3.09. The highest BCUT2D eigenvalue weighted by Crippen LogP contribution is 2.12. The Bertz CT molecular complexity index is 403. The quantitative estimate of drug-likeness (QED) is 0.457. The molecule has 22 heavy (non-hydrogen) atoms. The van der Waals surface area contributed by atoms with Gasteiger partial charge in [-0.3, -0.25) is 9.59 Å². The van der Waals surface area contributed by atoms with Gasteiger partial charge in [0.2, 0.25) is 11.8 Å². The molecule has 7 heteroatoms. The summed E-state index contributed by atoms with van der Waals surface area (Å²) in [5.74, 6) is 0.869. The second-order valence-electron chi connectivity index (χ2n) is 6.54. The van der Waals surface area contributed by atoms with Crippen LogP contribution in [0.5, 0.6) is 0 Å². The Kier molecular flexibility index (Phi) is 8.52. The molecule has 0 aromatic carbocycles. The van der Waals surface area contributed by atoms with Crippen molar-refractivity contribution in [1.82, 2.24) is 20.9 Å². The summed E-state index contributed by atoms with van der Waals surface area (Å²) in [6, 6.07) is 0. The summed E-state index contributed by atoms with van der Waals surface area (Å²) in [5, 5.41) is 8.96. The molecule has 0 fully saturated rings. The SMILES string of the molecule is CNC(=O)C(C)(C)CNC(=NCC(=O)N(C)C)NCC(C)C. The van der Waals surface area contributed by atoms with E-state index in [9.17, 15) is 9.59 Å². The Hall–Kier alpha value is -1.79. The summed E-state index contributed by atoms with van der Waals surface area (Å²) < 4.78 is 0. The molecule has 128 valence electrons. The Labute approximate surface area is 133 Å². The van der Waals surface area contributed by atoms with E-state index < -0.39 is 5.41 Å². The summed E-state index contributed by atoms with van der Waals surface area (Å²) in [5.41, 5.74) is -0.569. The summed E-state index contributed by atoms with van der Waals surface area (Å²) in [6.07, 6.45) is 0. The lowest BCUT2D eigenvalue weighted by Gasteiger charge is -2.24. The van der Waals surface area contributed by atoms with Gasteiger partial charge in [-0.25, -0.2) is 4.99 Å². The van der Waals surface area contributed by atoms with Crippen molar-refractivity contribution in [3.63, 3.8) is 0 Å². The van der Waals surface area contributed by atoms with E-state index in [1.54, 1.807) is 21.1 Å². The van der Waals surface area contributed by atoms with Gasteiger partial charge in [0.25, 0.3) is 0 Å². The van der Waals surface area contributed by atoms with Crippen molar-refractivity contribution in [2.45, 2.75) is 27.7 Å². The van der Waals surface area contributed by atoms with Crippen LogP contribution in [0.15, 0.2) is 4.99 Å². The number of aliphatic imine (C=N–C) groups is 1. The highest BCUT2D eigenvalue weighted by molar-refractivity contribution is 5.86. The molecule has 7 nitrogen and oxygen atoms in total. The second-order valence-corrected chi connectivity index (χ2v) is 6.54. The lowest BCUT2D eigenvalue weighted by atomic mass is 9.92. The minimum Gasteiger partial charge on any atom is -0.359 e. The van der Waals surface area contributed by atoms with Gasteiger partial charge in [-0.15, -0.1) is 0 Å². The first kappa shape index (κ1) is 20.2. The number of carbonyl (C=O) groups excluding carboxylic acids is 2. The normalized spacial score (nSPS) is 12.1. The van der Waals surface area contributed by atoms with Crippen LogP contribution in [-0.2, 0) is 9.59 Å². The van der Waals surface area contributed by atoms with Crippen LogP contribution in [0, 0.1) is 11.3 Å². The minimum atomic E-state index is -0.569. The predicted octanol–water partition coefficient (Wildman–Crippen LogP) is 0.0380. The second kappa shape index (κ2) is 9.27. The molecular formula is C15H31N5O2. The van der Waals surface area contributed by atoms with Crippen molar-refractivity contribution in [3.05, 3.63) is 0 Å². The minimum absolute atomic E-state index is 0.0485. The Morgan fingerprint density at radius 3 is 2.23 bits per heavy atom. The molecule has 0 heterocycles. The van der Waals surface area contributed by atoms with Gasteiger partial charge < -0.3 is 20.9 Å². The zero-order valence-corrected chi connectivity index (χ0v) is 14.9. The van der Waals surface area contributed by atoms with Crippen LogP contribution in [0.3, 0.4) is 0 Å². The van der Waals surface area contributed by atoms with E-state index in [4.69, 9.17) is 0 Å². The van der Waals surface area contributed by atoms with E-state index >= 15 is 0 Å². The van der Waals surface area contributed by atoms with Gasteiger partial charge in [0, 0.05) is 34.2 Å². The fourth-order valence-electron chi connectivity index (χ4n) is 1.49. The Morgan fingerprint density at radius 2 is 1.77 bits per heavy atom. The van der Waals surface area contributed by atoms with E-state index in [1.165, 1.54) is 4.90 Å². The highest BCUT2D eigenvalue weighted by atomic mass is 16.2. The molecule has 0 unspecified atom stereocenters. The molecule has 0 spiro atoms. The molecule has 3 N–H and O–H groups in total. The molecule has 0 aromatic rings. The topological polar surface area (TPSA) is 85.8 Å². The fraction of sp³-hybridized carbons (Fsp3) is 0.800. The number of hydrogen-bond donors (Lipinski definition) is 3. The molecule has 0 aliphatic rings. The number of hydrogen-bond acceptors (Lipinski definition) is 3. The van der Waals surface area contributed by atoms with Crippen LogP contribution in [0.2, 0.25) is 0 Å². The molecule has 0 atom stereocenters. The highest BCUT2D eigenvalue weighted by Gasteiger charge is 2.26. The van der Waals surface area contributed by atoms with Gasteiger partial charge in [0.15, 0.2) is 5.96 Å². The summed E-state index contributed by atoms with van der Waals surface area (Å²) in [4.78, 5) is 29.2. The van der Waals surface area contributed by atoms with Crippen molar-refractivity contribution in [1.29, 1.82) is 0 Å². The number of guanidine groups is 1.